The quantitative estimate of drug-likeness (QED) is 0.896. The summed E-state index contributed by atoms with van der Waals surface area (Å²) in [6, 6.07) is 3.60. The molecule has 0 saturated carbocycles. The van der Waals surface area contributed by atoms with Gasteiger partial charge in [-0.25, -0.2) is 0 Å². The van der Waals surface area contributed by atoms with Gasteiger partial charge in [-0.3, -0.25) is 14.5 Å². The van der Waals surface area contributed by atoms with Gasteiger partial charge in [-0.2, -0.15) is 0 Å². The number of piperazine rings is 1. The molecule has 1 saturated heterocycles. The Morgan fingerprint density at radius 2 is 1.96 bits per heavy atom. The zero-order chi connectivity index (χ0) is 17.0. The molecule has 0 aliphatic carbocycles. The maximum absolute atomic E-state index is 12.4. The minimum absolute atomic E-state index is 0.0647. The Kier molecular flexibility index (Phi) is 5.81. The average Bonchev–Trinajstić information content (AvgIpc) is 3.07. The Hall–Kier alpha value is -1.40. The largest absolute Gasteiger partial charge is 0.350 e. The number of nitrogens with one attached hydrogen (secondary N) is 1. The van der Waals surface area contributed by atoms with Gasteiger partial charge in [-0.1, -0.05) is 13.0 Å². The fraction of sp³-hybridized carbons (Fsp3) is 0.647. The third-order valence-electron chi connectivity index (χ3n) is 4.61. The second-order valence-corrected chi connectivity index (χ2v) is 7.66. The molecule has 1 unspecified atom stereocenters. The van der Waals surface area contributed by atoms with Crippen molar-refractivity contribution >= 4 is 23.2 Å². The number of thiophene rings is 1. The van der Waals surface area contributed by atoms with Crippen molar-refractivity contribution in [3.63, 3.8) is 0 Å². The SMILES string of the molecule is CCC(C)(C)NC(=O)C(C)N1CCN(C(=O)c2cccs2)CC1. The molecule has 1 aromatic heterocycles. The fourth-order valence-electron chi connectivity index (χ4n) is 2.56. The molecule has 1 aliphatic rings. The minimum Gasteiger partial charge on any atom is -0.350 e. The van der Waals surface area contributed by atoms with Gasteiger partial charge in [0.25, 0.3) is 5.91 Å². The highest BCUT2D eigenvalue weighted by molar-refractivity contribution is 7.12. The molecule has 0 bridgehead atoms. The number of nitrogens with zero attached hydrogens (tertiary/aromatic N) is 2. The summed E-state index contributed by atoms with van der Waals surface area (Å²) < 4.78 is 0. The first-order valence-corrected chi connectivity index (χ1v) is 9.11. The number of carbonyl (C=O) groups is 2. The third-order valence-corrected chi connectivity index (χ3v) is 5.46. The molecule has 1 aliphatic heterocycles. The second-order valence-electron chi connectivity index (χ2n) is 6.71. The lowest BCUT2D eigenvalue weighted by Crippen LogP contribution is -2.57. The average molecular weight is 337 g/mol. The predicted octanol–water partition coefficient (Wildman–Crippen LogP) is 2.20. The molecule has 23 heavy (non-hydrogen) atoms. The lowest BCUT2D eigenvalue weighted by Gasteiger charge is -2.38. The van der Waals surface area contributed by atoms with Crippen LogP contribution in [0.1, 0.15) is 43.8 Å². The molecule has 128 valence electrons. The fourth-order valence-corrected chi connectivity index (χ4v) is 3.25. The number of hydrogen-bond donors (Lipinski definition) is 1. The smallest absolute Gasteiger partial charge is 0.264 e. The summed E-state index contributed by atoms with van der Waals surface area (Å²) in [5, 5.41) is 5.02. The van der Waals surface area contributed by atoms with Crippen molar-refractivity contribution in [2.45, 2.75) is 45.7 Å². The van der Waals surface area contributed by atoms with Gasteiger partial charge in [0.15, 0.2) is 0 Å². The Balaban J connectivity index is 1.86. The van der Waals surface area contributed by atoms with Crippen molar-refractivity contribution in [3.8, 4) is 0 Å². The zero-order valence-corrected chi connectivity index (χ0v) is 15.3. The van der Waals surface area contributed by atoms with Crippen molar-refractivity contribution in [1.82, 2.24) is 15.1 Å². The maximum Gasteiger partial charge on any atom is 0.264 e. The van der Waals surface area contributed by atoms with Crippen LogP contribution in [0.15, 0.2) is 17.5 Å². The van der Waals surface area contributed by atoms with E-state index in [0.717, 1.165) is 24.4 Å². The van der Waals surface area contributed by atoms with Gasteiger partial charge in [0.1, 0.15) is 0 Å². The highest BCUT2D eigenvalue weighted by Gasteiger charge is 2.30. The van der Waals surface area contributed by atoms with E-state index >= 15 is 0 Å². The monoisotopic (exact) mass is 337 g/mol. The third kappa shape index (κ3) is 4.54. The zero-order valence-electron chi connectivity index (χ0n) is 14.5. The topological polar surface area (TPSA) is 52.7 Å². The molecule has 0 aromatic carbocycles. The van der Waals surface area contributed by atoms with E-state index in [1.807, 2.05) is 43.2 Å². The number of rotatable bonds is 5. The molecule has 2 amide bonds. The molecular weight excluding hydrogens is 310 g/mol. The van der Waals surface area contributed by atoms with E-state index in [4.69, 9.17) is 0 Å². The molecule has 1 fully saturated rings. The molecule has 1 atom stereocenters. The molecule has 2 rings (SSSR count). The lowest BCUT2D eigenvalue weighted by atomic mass is 10.0. The summed E-state index contributed by atoms with van der Waals surface area (Å²) in [4.78, 5) is 29.5. The van der Waals surface area contributed by atoms with Gasteiger partial charge in [-0.15, -0.1) is 11.3 Å². The van der Waals surface area contributed by atoms with Crippen LogP contribution in [-0.4, -0.2) is 59.4 Å². The van der Waals surface area contributed by atoms with Crippen molar-refractivity contribution < 1.29 is 9.59 Å². The number of hydrogen-bond acceptors (Lipinski definition) is 4. The van der Waals surface area contributed by atoms with Gasteiger partial charge < -0.3 is 10.2 Å². The van der Waals surface area contributed by atoms with Gasteiger partial charge in [0.2, 0.25) is 5.91 Å². The van der Waals surface area contributed by atoms with Crippen LogP contribution in [0.25, 0.3) is 0 Å². The molecule has 2 heterocycles. The van der Waals surface area contributed by atoms with Crippen LogP contribution in [0.3, 0.4) is 0 Å². The first-order chi connectivity index (χ1) is 10.8. The molecule has 1 N–H and O–H groups in total. The summed E-state index contributed by atoms with van der Waals surface area (Å²) >= 11 is 1.48. The molecule has 1 aromatic rings. The van der Waals surface area contributed by atoms with E-state index in [1.165, 1.54) is 11.3 Å². The van der Waals surface area contributed by atoms with E-state index in [0.29, 0.717) is 13.1 Å². The van der Waals surface area contributed by atoms with Crippen molar-refractivity contribution in [1.29, 1.82) is 0 Å². The molecule has 5 nitrogen and oxygen atoms in total. The Morgan fingerprint density at radius 1 is 1.30 bits per heavy atom. The second kappa shape index (κ2) is 7.45. The molecule has 6 heteroatoms. The number of carbonyl (C=O) groups excluding carboxylic acids is 2. The van der Waals surface area contributed by atoms with E-state index < -0.39 is 0 Å². The van der Waals surface area contributed by atoms with Crippen LogP contribution in [0, 0.1) is 0 Å². The maximum atomic E-state index is 12.4. The van der Waals surface area contributed by atoms with Crippen molar-refractivity contribution in [3.05, 3.63) is 22.4 Å². The lowest BCUT2D eigenvalue weighted by molar-refractivity contribution is -0.128. The minimum atomic E-state index is -0.178. The van der Waals surface area contributed by atoms with Gasteiger partial charge in [0, 0.05) is 31.7 Å². The summed E-state index contributed by atoms with van der Waals surface area (Å²) in [5.74, 6) is 0.166. The Labute approximate surface area is 142 Å². The van der Waals surface area contributed by atoms with E-state index in [-0.39, 0.29) is 23.4 Å². The van der Waals surface area contributed by atoms with Gasteiger partial charge in [0.05, 0.1) is 10.9 Å². The van der Waals surface area contributed by atoms with Gasteiger partial charge in [-0.05, 0) is 38.6 Å². The first-order valence-electron chi connectivity index (χ1n) is 8.23. The Bertz CT molecular complexity index is 534. The van der Waals surface area contributed by atoms with Crippen LogP contribution < -0.4 is 5.32 Å². The van der Waals surface area contributed by atoms with E-state index in [9.17, 15) is 9.59 Å². The Morgan fingerprint density at radius 3 is 2.48 bits per heavy atom. The van der Waals surface area contributed by atoms with Crippen LogP contribution in [-0.2, 0) is 4.79 Å². The van der Waals surface area contributed by atoms with E-state index in [2.05, 4.69) is 17.1 Å². The number of amides is 2. The highest BCUT2D eigenvalue weighted by atomic mass is 32.1. The highest BCUT2D eigenvalue weighted by Crippen LogP contribution is 2.15. The standard InChI is InChI=1S/C17H27N3O2S/c1-5-17(3,4)18-15(21)13(2)19-8-10-20(11-9-19)16(22)14-7-6-12-23-14/h6-7,12-13H,5,8-11H2,1-4H3,(H,18,21). The van der Waals surface area contributed by atoms with E-state index in [1.54, 1.807) is 0 Å². The first kappa shape index (κ1) is 17.9. The van der Waals surface area contributed by atoms with Crippen molar-refractivity contribution in [2.24, 2.45) is 0 Å². The summed E-state index contributed by atoms with van der Waals surface area (Å²) in [7, 11) is 0. The van der Waals surface area contributed by atoms with Crippen molar-refractivity contribution in [2.75, 3.05) is 26.2 Å². The molecular formula is C17H27N3O2S. The molecule has 0 radical (unpaired) electrons. The van der Waals surface area contributed by atoms with Crippen LogP contribution in [0.4, 0.5) is 0 Å². The normalized spacial score (nSPS) is 17.8. The summed E-state index contributed by atoms with van der Waals surface area (Å²) in [6.07, 6.45) is 0.897. The summed E-state index contributed by atoms with van der Waals surface area (Å²) in [5.41, 5.74) is -0.178. The van der Waals surface area contributed by atoms with Gasteiger partial charge >= 0.3 is 0 Å². The summed E-state index contributed by atoms with van der Waals surface area (Å²) in [6.45, 7) is 10.9. The molecule has 0 spiro atoms. The van der Waals surface area contributed by atoms with Crippen LogP contribution in [0.2, 0.25) is 0 Å². The predicted molar refractivity (Wildman–Crippen MR) is 93.8 cm³/mol. The van der Waals surface area contributed by atoms with Crippen LogP contribution in [0.5, 0.6) is 0 Å². The van der Waals surface area contributed by atoms with Crippen LogP contribution >= 0.6 is 11.3 Å².